The summed E-state index contributed by atoms with van der Waals surface area (Å²) in [5, 5.41) is 15.1. The van der Waals surface area contributed by atoms with E-state index in [-0.39, 0.29) is 11.4 Å². The summed E-state index contributed by atoms with van der Waals surface area (Å²) in [4.78, 5) is 23.5. The van der Waals surface area contributed by atoms with E-state index in [0.29, 0.717) is 6.42 Å². The number of nitro groups is 1. The number of para-hydroxylation sites is 2. The summed E-state index contributed by atoms with van der Waals surface area (Å²) in [5.41, 5.74) is 3.00. The van der Waals surface area contributed by atoms with E-state index < -0.39 is 16.9 Å². The molecular formula is C16H16BrN3O4S. The monoisotopic (exact) mass is 425 g/mol. The predicted molar refractivity (Wildman–Crippen MR) is 100 cm³/mol. The summed E-state index contributed by atoms with van der Waals surface area (Å²) in [6, 6.07) is 9.74. The van der Waals surface area contributed by atoms with Crippen LogP contribution in [-0.4, -0.2) is 22.6 Å². The summed E-state index contributed by atoms with van der Waals surface area (Å²) in [6.45, 7) is 3.45. The van der Waals surface area contributed by atoms with Gasteiger partial charge in [-0.1, -0.05) is 19.1 Å². The van der Waals surface area contributed by atoms with Gasteiger partial charge >= 0.3 is 5.69 Å². The van der Waals surface area contributed by atoms with E-state index in [1.165, 1.54) is 36.5 Å². The van der Waals surface area contributed by atoms with Gasteiger partial charge in [0.15, 0.2) is 11.9 Å². The van der Waals surface area contributed by atoms with Crippen LogP contribution in [0.2, 0.25) is 0 Å². The minimum atomic E-state index is -0.932. The summed E-state index contributed by atoms with van der Waals surface area (Å²) < 4.78 is 6.39. The number of rotatable bonds is 7. The lowest BCUT2D eigenvalue weighted by atomic mass is 10.2. The second kappa shape index (κ2) is 8.72. The van der Waals surface area contributed by atoms with E-state index in [1.54, 1.807) is 6.07 Å². The van der Waals surface area contributed by atoms with E-state index >= 15 is 0 Å². The summed E-state index contributed by atoms with van der Waals surface area (Å²) in [7, 11) is 0. The molecule has 0 bridgehead atoms. The van der Waals surface area contributed by atoms with Crippen LogP contribution in [0.3, 0.4) is 0 Å². The van der Waals surface area contributed by atoms with E-state index in [9.17, 15) is 14.9 Å². The molecule has 0 aliphatic heterocycles. The van der Waals surface area contributed by atoms with Crippen molar-refractivity contribution in [3.05, 3.63) is 55.2 Å². The number of benzene rings is 1. The zero-order valence-corrected chi connectivity index (χ0v) is 16.0. The van der Waals surface area contributed by atoms with Crippen molar-refractivity contribution >= 4 is 44.6 Å². The Labute approximate surface area is 157 Å². The maximum atomic E-state index is 12.2. The normalized spacial score (nSPS) is 12.5. The maximum absolute atomic E-state index is 12.2. The molecule has 1 heterocycles. The zero-order valence-electron chi connectivity index (χ0n) is 13.6. The summed E-state index contributed by atoms with van der Waals surface area (Å²) in [6.07, 6.45) is -0.287. The standard InChI is InChI=1S/C16H16BrN3O4S/c1-3-11(14-8-9-15(17)25-14)18-19-16(21)10(2)24-13-7-5-4-6-12(13)20(22)23/h4-10H,3H2,1-2H3,(H,19,21)/b18-11-/t10-/m0/s1. The van der Waals surface area contributed by atoms with Crippen LogP contribution in [0, 0.1) is 10.1 Å². The lowest BCUT2D eigenvalue weighted by molar-refractivity contribution is -0.386. The molecular weight excluding hydrogens is 410 g/mol. The molecule has 1 amide bonds. The van der Waals surface area contributed by atoms with Gasteiger partial charge in [0.05, 0.1) is 19.3 Å². The molecule has 1 aromatic heterocycles. The molecule has 0 aliphatic carbocycles. The van der Waals surface area contributed by atoms with Gasteiger partial charge in [-0.15, -0.1) is 11.3 Å². The van der Waals surface area contributed by atoms with Crippen molar-refractivity contribution in [3.63, 3.8) is 0 Å². The van der Waals surface area contributed by atoms with Crippen LogP contribution in [0.15, 0.2) is 45.3 Å². The van der Waals surface area contributed by atoms with Crippen molar-refractivity contribution in [2.24, 2.45) is 5.10 Å². The van der Waals surface area contributed by atoms with Crippen LogP contribution in [0.1, 0.15) is 25.1 Å². The van der Waals surface area contributed by atoms with Gasteiger partial charge in [0.25, 0.3) is 5.91 Å². The van der Waals surface area contributed by atoms with Gasteiger partial charge in [0, 0.05) is 6.07 Å². The van der Waals surface area contributed by atoms with Gasteiger partial charge in [-0.25, -0.2) is 5.43 Å². The van der Waals surface area contributed by atoms with E-state index in [1.807, 2.05) is 19.1 Å². The smallest absolute Gasteiger partial charge is 0.310 e. The number of thiophene rings is 1. The maximum Gasteiger partial charge on any atom is 0.310 e. The molecule has 1 aromatic carbocycles. The van der Waals surface area contributed by atoms with Crippen LogP contribution in [-0.2, 0) is 4.79 Å². The fourth-order valence-electron chi connectivity index (χ4n) is 1.94. The van der Waals surface area contributed by atoms with Crippen LogP contribution in [0.25, 0.3) is 0 Å². The highest BCUT2D eigenvalue weighted by Gasteiger charge is 2.20. The Morgan fingerprint density at radius 3 is 2.72 bits per heavy atom. The number of carbonyl (C=O) groups is 1. The van der Waals surface area contributed by atoms with E-state index in [0.717, 1.165) is 14.4 Å². The van der Waals surface area contributed by atoms with Crippen LogP contribution in [0.4, 0.5) is 5.69 Å². The first-order valence-corrected chi connectivity index (χ1v) is 9.05. The minimum absolute atomic E-state index is 0.0389. The fourth-order valence-corrected chi connectivity index (χ4v) is 3.39. The van der Waals surface area contributed by atoms with Crippen molar-refractivity contribution in [3.8, 4) is 5.75 Å². The molecule has 9 heteroatoms. The Balaban J connectivity index is 2.05. The number of carbonyl (C=O) groups excluding carboxylic acids is 1. The third kappa shape index (κ3) is 5.10. The van der Waals surface area contributed by atoms with E-state index in [4.69, 9.17) is 4.74 Å². The van der Waals surface area contributed by atoms with Crippen molar-refractivity contribution in [2.45, 2.75) is 26.4 Å². The first-order chi connectivity index (χ1) is 11.9. The van der Waals surface area contributed by atoms with E-state index in [2.05, 4.69) is 26.5 Å². The fraction of sp³-hybridized carbons (Fsp3) is 0.250. The molecule has 0 saturated heterocycles. The van der Waals surface area contributed by atoms with Gasteiger partial charge in [0.2, 0.25) is 0 Å². The molecule has 0 spiro atoms. The highest BCUT2D eigenvalue weighted by atomic mass is 79.9. The Kier molecular flexibility index (Phi) is 6.65. The quantitative estimate of drug-likeness (QED) is 0.410. The number of hydrogen-bond donors (Lipinski definition) is 1. The Morgan fingerprint density at radius 2 is 2.12 bits per heavy atom. The van der Waals surface area contributed by atoms with Gasteiger partial charge in [-0.3, -0.25) is 14.9 Å². The molecule has 2 rings (SSSR count). The minimum Gasteiger partial charge on any atom is -0.474 e. The number of halogens is 1. The third-order valence-electron chi connectivity index (χ3n) is 3.23. The van der Waals surface area contributed by atoms with Crippen LogP contribution < -0.4 is 10.2 Å². The average molecular weight is 426 g/mol. The molecule has 2 aromatic rings. The second-order valence-corrected chi connectivity index (χ2v) is 7.44. The molecule has 0 radical (unpaired) electrons. The molecule has 1 atom stereocenters. The number of ether oxygens (including phenoxy) is 1. The molecule has 25 heavy (non-hydrogen) atoms. The molecule has 0 unspecified atom stereocenters. The van der Waals surface area contributed by atoms with Gasteiger partial charge in [-0.2, -0.15) is 5.10 Å². The molecule has 0 fully saturated rings. The highest BCUT2D eigenvalue weighted by Crippen LogP contribution is 2.27. The molecule has 0 saturated carbocycles. The second-order valence-electron chi connectivity index (χ2n) is 4.98. The average Bonchev–Trinajstić information content (AvgIpc) is 3.01. The topological polar surface area (TPSA) is 93.8 Å². The Morgan fingerprint density at radius 1 is 1.40 bits per heavy atom. The number of hydrogen-bond acceptors (Lipinski definition) is 6. The molecule has 0 aliphatic rings. The van der Waals surface area contributed by atoms with Crippen molar-refractivity contribution < 1.29 is 14.5 Å². The third-order valence-corrected chi connectivity index (χ3v) is 4.90. The molecule has 7 nitrogen and oxygen atoms in total. The van der Waals surface area contributed by atoms with Gasteiger partial charge in [-0.05, 0) is 47.5 Å². The van der Waals surface area contributed by atoms with Crippen molar-refractivity contribution in [1.29, 1.82) is 0 Å². The van der Waals surface area contributed by atoms with Crippen LogP contribution >= 0.6 is 27.3 Å². The zero-order chi connectivity index (χ0) is 18.4. The number of nitro benzene ring substituents is 1. The Bertz CT molecular complexity index is 806. The first kappa shape index (κ1) is 19.1. The van der Waals surface area contributed by atoms with Crippen LogP contribution in [0.5, 0.6) is 5.75 Å². The number of nitrogens with zero attached hydrogens (tertiary/aromatic N) is 2. The highest BCUT2D eigenvalue weighted by molar-refractivity contribution is 9.11. The van der Waals surface area contributed by atoms with Gasteiger partial charge in [0.1, 0.15) is 0 Å². The summed E-state index contributed by atoms with van der Waals surface area (Å²) >= 11 is 4.91. The SMILES string of the molecule is CC/C(=N/NC(=O)[C@H](C)Oc1ccccc1[N+](=O)[O-])c1ccc(Br)s1. The Hall–Kier alpha value is -2.26. The number of nitrogens with one attached hydrogen (secondary N) is 1. The first-order valence-electron chi connectivity index (χ1n) is 7.44. The largest absolute Gasteiger partial charge is 0.474 e. The number of hydrazone groups is 1. The predicted octanol–water partition coefficient (Wildman–Crippen LogP) is 4.12. The number of amides is 1. The molecule has 132 valence electrons. The molecule has 1 N–H and O–H groups in total. The lowest BCUT2D eigenvalue weighted by Crippen LogP contribution is -2.34. The van der Waals surface area contributed by atoms with Crippen molar-refractivity contribution in [2.75, 3.05) is 0 Å². The summed E-state index contributed by atoms with van der Waals surface area (Å²) in [5.74, 6) is -0.447. The lowest BCUT2D eigenvalue weighted by Gasteiger charge is -2.13. The van der Waals surface area contributed by atoms with Gasteiger partial charge < -0.3 is 4.74 Å². The van der Waals surface area contributed by atoms with Crippen molar-refractivity contribution in [1.82, 2.24) is 5.43 Å².